The third-order valence-corrected chi connectivity index (χ3v) is 4.63. The summed E-state index contributed by atoms with van der Waals surface area (Å²) in [6.07, 6.45) is 0. The van der Waals surface area contributed by atoms with Crippen molar-refractivity contribution in [2.75, 3.05) is 0 Å². The highest BCUT2D eigenvalue weighted by Crippen LogP contribution is 2.37. The van der Waals surface area contributed by atoms with Crippen LogP contribution < -0.4 is 5.32 Å². The van der Waals surface area contributed by atoms with Gasteiger partial charge in [0.2, 0.25) is 0 Å². The van der Waals surface area contributed by atoms with Gasteiger partial charge in [-0.15, -0.1) is 11.3 Å². The van der Waals surface area contributed by atoms with Crippen molar-refractivity contribution in [3.05, 3.63) is 34.2 Å². The van der Waals surface area contributed by atoms with Crippen LogP contribution >= 0.6 is 11.3 Å². The molecular formula is C16H23NS. The Morgan fingerprint density at radius 3 is 2.50 bits per heavy atom. The zero-order valence-corrected chi connectivity index (χ0v) is 12.8. The fraction of sp³-hybridized carbons (Fsp3) is 0.500. The number of rotatable bonds is 4. The van der Waals surface area contributed by atoms with Gasteiger partial charge in [0.25, 0.3) is 0 Å². The molecule has 0 bridgehead atoms. The van der Waals surface area contributed by atoms with Crippen molar-refractivity contribution in [3.8, 4) is 0 Å². The number of fused-ring (bicyclic) bond motifs is 1. The van der Waals surface area contributed by atoms with Crippen molar-refractivity contribution in [1.82, 2.24) is 5.32 Å². The highest BCUT2D eigenvalue weighted by Gasteiger charge is 2.15. The molecule has 1 N–H and O–H groups in total. The summed E-state index contributed by atoms with van der Waals surface area (Å²) in [4.78, 5) is 1.50. The molecule has 0 radical (unpaired) electrons. The lowest BCUT2D eigenvalue weighted by Gasteiger charge is -2.11. The molecule has 1 aromatic heterocycles. The normalized spacial score (nSPS) is 11.9. The molecule has 0 aliphatic heterocycles. The van der Waals surface area contributed by atoms with Crippen molar-refractivity contribution < 1.29 is 0 Å². The standard InChI is InChI=1S/C16H23NS/c1-10(2)15-13-8-6-7-12(5)16(13)18-14(15)9-17-11(3)4/h6-8,10-11,17H,9H2,1-5H3. The lowest BCUT2D eigenvalue weighted by atomic mass is 9.98. The largest absolute Gasteiger partial charge is 0.310 e. The van der Waals surface area contributed by atoms with E-state index in [2.05, 4.69) is 58.1 Å². The lowest BCUT2D eigenvalue weighted by molar-refractivity contribution is 0.590. The van der Waals surface area contributed by atoms with E-state index in [0.29, 0.717) is 12.0 Å². The van der Waals surface area contributed by atoms with E-state index >= 15 is 0 Å². The molecule has 98 valence electrons. The van der Waals surface area contributed by atoms with E-state index in [4.69, 9.17) is 0 Å². The average Bonchev–Trinajstić information content (AvgIpc) is 2.66. The second-order valence-electron chi connectivity index (χ2n) is 5.58. The van der Waals surface area contributed by atoms with Crippen LogP contribution in [0, 0.1) is 6.92 Å². The molecule has 0 aliphatic carbocycles. The Balaban J connectivity index is 2.51. The SMILES string of the molecule is Cc1cccc2c(C(C)C)c(CNC(C)C)sc12. The molecule has 0 atom stereocenters. The van der Waals surface area contributed by atoms with Gasteiger partial charge in [-0.3, -0.25) is 0 Å². The number of aryl methyl sites for hydroxylation is 1. The Morgan fingerprint density at radius 2 is 1.89 bits per heavy atom. The Bertz CT molecular complexity index is 537. The fourth-order valence-electron chi connectivity index (χ4n) is 2.39. The molecule has 0 saturated heterocycles. The molecule has 1 aromatic carbocycles. The maximum atomic E-state index is 3.55. The van der Waals surface area contributed by atoms with E-state index < -0.39 is 0 Å². The maximum absolute atomic E-state index is 3.55. The van der Waals surface area contributed by atoms with Gasteiger partial charge in [-0.1, -0.05) is 45.9 Å². The van der Waals surface area contributed by atoms with E-state index in [9.17, 15) is 0 Å². The van der Waals surface area contributed by atoms with Crippen LogP contribution in [0.5, 0.6) is 0 Å². The smallest absolute Gasteiger partial charge is 0.0378 e. The number of hydrogen-bond donors (Lipinski definition) is 1. The molecule has 0 fully saturated rings. The van der Waals surface area contributed by atoms with E-state index in [1.807, 2.05) is 11.3 Å². The van der Waals surface area contributed by atoms with Crippen LogP contribution in [-0.4, -0.2) is 6.04 Å². The first-order chi connectivity index (χ1) is 8.50. The summed E-state index contributed by atoms with van der Waals surface area (Å²) in [6, 6.07) is 7.20. The Labute approximate surface area is 114 Å². The first kappa shape index (κ1) is 13.6. The van der Waals surface area contributed by atoms with Gasteiger partial charge in [0, 0.05) is 22.2 Å². The van der Waals surface area contributed by atoms with Crippen LogP contribution in [0.3, 0.4) is 0 Å². The summed E-state index contributed by atoms with van der Waals surface area (Å²) in [5.74, 6) is 0.588. The molecule has 2 aromatic rings. The van der Waals surface area contributed by atoms with Crippen LogP contribution in [0.15, 0.2) is 18.2 Å². The number of nitrogens with one attached hydrogen (secondary N) is 1. The first-order valence-corrected chi connectivity index (χ1v) is 7.56. The summed E-state index contributed by atoms with van der Waals surface area (Å²) in [5, 5.41) is 5.00. The topological polar surface area (TPSA) is 12.0 Å². The lowest BCUT2D eigenvalue weighted by Crippen LogP contribution is -2.21. The van der Waals surface area contributed by atoms with Gasteiger partial charge >= 0.3 is 0 Å². The van der Waals surface area contributed by atoms with Crippen LogP contribution in [0.25, 0.3) is 10.1 Å². The molecule has 1 nitrogen and oxygen atoms in total. The molecule has 18 heavy (non-hydrogen) atoms. The van der Waals surface area contributed by atoms with E-state index in [0.717, 1.165) is 6.54 Å². The van der Waals surface area contributed by atoms with Crippen molar-refractivity contribution in [2.24, 2.45) is 0 Å². The Hall–Kier alpha value is -0.860. The van der Waals surface area contributed by atoms with Gasteiger partial charge in [-0.05, 0) is 29.4 Å². The summed E-state index contributed by atoms with van der Waals surface area (Å²) in [5.41, 5.74) is 2.93. The zero-order chi connectivity index (χ0) is 13.3. The fourth-order valence-corrected chi connectivity index (χ4v) is 3.76. The van der Waals surface area contributed by atoms with Crippen molar-refractivity contribution in [2.45, 2.75) is 53.1 Å². The summed E-state index contributed by atoms with van der Waals surface area (Å²) < 4.78 is 1.46. The first-order valence-electron chi connectivity index (χ1n) is 6.75. The molecule has 2 rings (SSSR count). The number of benzene rings is 1. The predicted octanol–water partition coefficient (Wildman–Crippen LogP) is 4.83. The van der Waals surface area contributed by atoms with E-state index in [1.54, 1.807) is 0 Å². The Morgan fingerprint density at radius 1 is 1.17 bits per heavy atom. The van der Waals surface area contributed by atoms with E-state index in [1.165, 1.54) is 26.1 Å². The minimum Gasteiger partial charge on any atom is -0.310 e. The van der Waals surface area contributed by atoms with Gasteiger partial charge in [0.15, 0.2) is 0 Å². The van der Waals surface area contributed by atoms with Gasteiger partial charge in [0.1, 0.15) is 0 Å². The van der Waals surface area contributed by atoms with Crippen LogP contribution in [0.1, 0.15) is 49.6 Å². The van der Waals surface area contributed by atoms with Gasteiger partial charge < -0.3 is 5.32 Å². The number of thiophene rings is 1. The minimum absolute atomic E-state index is 0.538. The predicted molar refractivity (Wildman–Crippen MR) is 82.6 cm³/mol. The molecule has 2 heteroatoms. The molecule has 0 amide bonds. The zero-order valence-electron chi connectivity index (χ0n) is 12.0. The second kappa shape index (κ2) is 5.41. The molecule has 0 spiro atoms. The Kier molecular flexibility index (Phi) is 4.08. The van der Waals surface area contributed by atoms with Crippen molar-refractivity contribution >= 4 is 21.4 Å². The molecule has 0 aliphatic rings. The third kappa shape index (κ3) is 2.60. The molecule has 0 saturated carbocycles. The van der Waals surface area contributed by atoms with Crippen LogP contribution in [0.2, 0.25) is 0 Å². The summed E-state index contributed by atoms with van der Waals surface area (Å²) in [6.45, 7) is 12.2. The average molecular weight is 261 g/mol. The monoisotopic (exact) mass is 261 g/mol. The summed E-state index contributed by atoms with van der Waals surface area (Å²) in [7, 11) is 0. The number of hydrogen-bond acceptors (Lipinski definition) is 2. The molecule has 1 heterocycles. The van der Waals surface area contributed by atoms with Crippen molar-refractivity contribution in [3.63, 3.8) is 0 Å². The van der Waals surface area contributed by atoms with E-state index in [-0.39, 0.29) is 0 Å². The highest BCUT2D eigenvalue weighted by atomic mass is 32.1. The van der Waals surface area contributed by atoms with Crippen molar-refractivity contribution in [1.29, 1.82) is 0 Å². The van der Waals surface area contributed by atoms with Gasteiger partial charge in [-0.2, -0.15) is 0 Å². The highest BCUT2D eigenvalue weighted by molar-refractivity contribution is 7.19. The van der Waals surface area contributed by atoms with Crippen LogP contribution in [0.4, 0.5) is 0 Å². The maximum Gasteiger partial charge on any atom is 0.0378 e. The second-order valence-corrected chi connectivity index (χ2v) is 6.69. The minimum atomic E-state index is 0.538. The van der Waals surface area contributed by atoms with Gasteiger partial charge in [0.05, 0.1) is 0 Å². The van der Waals surface area contributed by atoms with Crippen LogP contribution in [-0.2, 0) is 6.54 Å². The quantitative estimate of drug-likeness (QED) is 0.831. The third-order valence-electron chi connectivity index (χ3n) is 3.28. The molecule has 0 unspecified atom stereocenters. The van der Waals surface area contributed by atoms with Gasteiger partial charge in [-0.25, -0.2) is 0 Å². The summed E-state index contributed by atoms with van der Waals surface area (Å²) >= 11 is 1.96. The molecular weight excluding hydrogens is 238 g/mol.